The highest BCUT2D eigenvalue weighted by Gasteiger charge is 2.29. The lowest BCUT2D eigenvalue weighted by Gasteiger charge is -2.19. The first-order chi connectivity index (χ1) is 19.2. The SMILES string of the molecule is COc1cccc(-c2nnc(NS(=O)(=O)C[C@H](OC)c3ncc(C)nc3OC)n2-c2c(OC)cccc2OC)n1.[HH]. The normalized spacial score (nSPS) is 12.1. The van der Waals surface area contributed by atoms with Crippen LogP contribution in [0.25, 0.3) is 17.2 Å². The van der Waals surface area contributed by atoms with Crippen LogP contribution in [0.3, 0.4) is 0 Å². The number of ether oxygens (including phenoxy) is 5. The van der Waals surface area contributed by atoms with Gasteiger partial charge in [0.25, 0.3) is 0 Å². The summed E-state index contributed by atoms with van der Waals surface area (Å²) in [5.41, 5.74) is 1.55. The molecule has 0 amide bonds. The van der Waals surface area contributed by atoms with Gasteiger partial charge in [-0.3, -0.25) is 14.3 Å². The zero-order valence-electron chi connectivity index (χ0n) is 22.8. The van der Waals surface area contributed by atoms with Crippen molar-refractivity contribution in [3.05, 3.63) is 54.0 Å². The number of anilines is 1. The summed E-state index contributed by atoms with van der Waals surface area (Å²) in [6.07, 6.45) is 0.499. The topological polar surface area (TPSA) is 162 Å². The molecule has 1 atom stereocenters. The number of aromatic nitrogens is 6. The van der Waals surface area contributed by atoms with Crippen molar-refractivity contribution in [1.29, 1.82) is 0 Å². The van der Waals surface area contributed by atoms with Crippen molar-refractivity contribution in [3.8, 4) is 40.5 Å². The van der Waals surface area contributed by atoms with E-state index >= 15 is 0 Å². The summed E-state index contributed by atoms with van der Waals surface area (Å²) in [6, 6.07) is 10.2. The van der Waals surface area contributed by atoms with Crippen LogP contribution in [0, 0.1) is 6.92 Å². The molecule has 40 heavy (non-hydrogen) atoms. The molecule has 15 heteroatoms. The van der Waals surface area contributed by atoms with Crippen LogP contribution in [0.2, 0.25) is 0 Å². The number of pyridine rings is 1. The average molecular weight is 574 g/mol. The van der Waals surface area contributed by atoms with Crippen LogP contribution >= 0.6 is 0 Å². The lowest BCUT2D eigenvalue weighted by Crippen LogP contribution is -2.25. The minimum Gasteiger partial charge on any atom is -0.494 e. The van der Waals surface area contributed by atoms with E-state index in [0.717, 1.165) is 0 Å². The van der Waals surface area contributed by atoms with E-state index in [-0.39, 0.29) is 24.8 Å². The summed E-state index contributed by atoms with van der Waals surface area (Å²) in [5.74, 6) is 0.775. The number of methoxy groups -OCH3 is 5. The molecule has 0 aliphatic rings. The van der Waals surface area contributed by atoms with Gasteiger partial charge in [-0.15, -0.1) is 10.2 Å². The Morgan fingerprint density at radius 3 is 2.25 bits per heavy atom. The van der Waals surface area contributed by atoms with Crippen LogP contribution in [0.5, 0.6) is 23.3 Å². The van der Waals surface area contributed by atoms with Gasteiger partial charge in [-0.25, -0.2) is 18.4 Å². The van der Waals surface area contributed by atoms with E-state index in [1.807, 2.05) is 0 Å². The predicted molar refractivity (Wildman–Crippen MR) is 147 cm³/mol. The Bertz CT molecular complexity index is 1580. The number of nitrogens with one attached hydrogen (secondary N) is 1. The molecule has 1 N–H and O–H groups in total. The van der Waals surface area contributed by atoms with Crippen molar-refractivity contribution in [2.75, 3.05) is 46.0 Å². The standard InChI is InChI=1S/C25H29N7O7S.H2/c1-15-13-26-21(24(27-15)39-6)19(37-4)14-40(33,34)31-25-30-29-23(16-9-7-12-20(28-16)38-5)32(25)22-17(35-2)10-8-11-18(22)36-3;/h7-13,19H,14H2,1-6H3,(H,30,31);1H/t19-;/m0./s1. The van der Waals surface area contributed by atoms with Gasteiger partial charge in [-0.1, -0.05) is 12.1 Å². The number of hydrogen-bond donors (Lipinski definition) is 1. The highest BCUT2D eigenvalue weighted by molar-refractivity contribution is 7.92. The molecule has 0 unspecified atom stereocenters. The Morgan fingerprint density at radius 1 is 0.925 bits per heavy atom. The number of benzene rings is 1. The van der Waals surface area contributed by atoms with Crippen molar-refractivity contribution in [1.82, 2.24) is 29.7 Å². The summed E-state index contributed by atoms with van der Waals surface area (Å²) in [5, 5.41) is 8.40. The van der Waals surface area contributed by atoms with Gasteiger partial charge in [0.2, 0.25) is 27.7 Å². The van der Waals surface area contributed by atoms with E-state index in [4.69, 9.17) is 23.7 Å². The van der Waals surface area contributed by atoms with Gasteiger partial charge in [0.15, 0.2) is 5.82 Å². The second-order valence-electron chi connectivity index (χ2n) is 8.27. The van der Waals surface area contributed by atoms with Crippen molar-refractivity contribution in [2.45, 2.75) is 13.0 Å². The Hall–Kier alpha value is -4.50. The first-order valence-corrected chi connectivity index (χ1v) is 13.5. The van der Waals surface area contributed by atoms with Gasteiger partial charge >= 0.3 is 0 Å². The Balaban J connectivity index is 0.00000462. The lowest BCUT2D eigenvalue weighted by molar-refractivity contribution is 0.114. The number of nitrogens with zero attached hydrogens (tertiary/aromatic N) is 6. The molecule has 0 saturated carbocycles. The number of sulfonamides is 1. The van der Waals surface area contributed by atoms with Crippen LogP contribution < -0.4 is 23.7 Å². The molecule has 0 radical (unpaired) electrons. The monoisotopic (exact) mass is 573 g/mol. The molecule has 4 aromatic rings. The second kappa shape index (κ2) is 12.1. The molecule has 14 nitrogen and oxygen atoms in total. The van der Waals surface area contributed by atoms with Crippen molar-refractivity contribution < 1.29 is 33.5 Å². The molecule has 4 rings (SSSR count). The molecule has 0 fully saturated rings. The molecule has 214 valence electrons. The molecule has 3 heterocycles. The van der Waals surface area contributed by atoms with Crippen LogP contribution in [0.4, 0.5) is 5.95 Å². The van der Waals surface area contributed by atoms with Crippen LogP contribution in [-0.2, 0) is 14.8 Å². The Labute approximate surface area is 232 Å². The van der Waals surface area contributed by atoms with E-state index < -0.39 is 21.9 Å². The third-order valence-electron chi connectivity index (χ3n) is 5.74. The quantitative estimate of drug-likeness (QED) is 0.264. The van der Waals surface area contributed by atoms with E-state index in [9.17, 15) is 8.42 Å². The third kappa shape index (κ3) is 5.89. The van der Waals surface area contributed by atoms with Crippen LogP contribution in [0.1, 0.15) is 18.9 Å². The predicted octanol–water partition coefficient (Wildman–Crippen LogP) is 2.84. The molecule has 1 aromatic carbocycles. The fourth-order valence-corrected chi connectivity index (χ4v) is 5.09. The van der Waals surface area contributed by atoms with Crippen LogP contribution in [0.15, 0.2) is 42.6 Å². The minimum atomic E-state index is -4.13. The van der Waals surface area contributed by atoms with Gasteiger partial charge in [-0.2, -0.15) is 0 Å². The fraction of sp³-hybridized carbons (Fsp3) is 0.320. The van der Waals surface area contributed by atoms with E-state index in [1.54, 1.807) is 43.3 Å². The fourth-order valence-electron chi connectivity index (χ4n) is 3.91. The number of rotatable bonds is 12. The summed E-state index contributed by atoms with van der Waals surface area (Å²) in [6.45, 7) is 1.74. The molecule has 3 aromatic heterocycles. The van der Waals surface area contributed by atoms with Crippen molar-refractivity contribution in [2.24, 2.45) is 0 Å². The summed E-state index contributed by atoms with van der Waals surface area (Å²) < 4.78 is 58.1. The first kappa shape index (κ1) is 28.5. The number of hydrogen-bond acceptors (Lipinski definition) is 12. The van der Waals surface area contributed by atoms with Crippen molar-refractivity contribution >= 4 is 16.0 Å². The van der Waals surface area contributed by atoms with Gasteiger partial charge in [0.05, 0.1) is 34.1 Å². The summed E-state index contributed by atoms with van der Waals surface area (Å²) in [4.78, 5) is 13.0. The highest BCUT2D eigenvalue weighted by Crippen LogP contribution is 2.38. The molecule has 0 aliphatic carbocycles. The molecular weight excluding hydrogens is 542 g/mol. The average Bonchev–Trinajstić information content (AvgIpc) is 3.37. The van der Waals surface area contributed by atoms with E-state index in [1.165, 1.54) is 46.3 Å². The highest BCUT2D eigenvalue weighted by atomic mass is 32.2. The molecule has 0 saturated heterocycles. The largest absolute Gasteiger partial charge is 0.494 e. The van der Waals surface area contributed by atoms with Gasteiger partial charge in [-0.05, 0) is 25.1 Å². The number of aryl methyl sites for hydroxylation is 1. The maximum absolute atomic E-state index is 13.5. The summed E-state index contributed by atoms with van der Waals surface area (Å²) in [7, 11) is 3.11. The second-order valence-corrected chi connectivity index (χ2v) is 10.0. The number of para-hydroxylation sites is 1. The minimum absolute atomic E-state index is 0. The smallest absolute Gasteiger partial charge is 0.243 e. The van der Waals surface area contributed by atoms with Gasteiger partial charge < -0.3 is 23.7 Å². The van der Waals surface area contributed by atoms with E-state index in [2.05, 4.69) is 29.9 Å². The Kier molecular flexibility index (Phi) is 8.64. The maximum Gasteiger partial charge on any atom is 0.243 e. The Morgan fingerprint density at radius 2 is 1.62 bits per heavy atom. The molecule has 0 bridgehead atoms. The van der Waals surface area contributed by atoms with Crippen molar-refractivity contribution in [3.63, 3.8) is 0 Å². The van der Waals surface area contributed by atoms with Crippen LogP contribution in [-0.4, -0.2) is 79.4 Å². The molecule has 0 aliphatic heterocycles. The summed E-state index contributed by atoms with van der Waals surface area (Å²) >= 11 is 0. The zero-order chi connectivity index (χ0) is 28.9. The maximum atomic E-state index is 13.5. The van der Waals surface area contributed by atoms with Gasteiger partial charge in [0, 0.05) is 20.8 Å². The first-order valence-electron chi connectivity index (χ1n) is 11.8. The molecule has 0 spiro atoms. The van der Waals surface area contributed by atoms with E-state index in [0.29, 0.717) is 34.5 Å². The van der Waals surface area contributed by atoms with Gasteiger partial charge in [0.1, 0.15) is 40.4 Å². The lowest BCUT2D eigenvalue weighted by atomic mass is 10.2. The molecular formula is C25H31N7O7S. The zero-order valence-corrected chi connectivity index (χ0v) is 23.6. The third-order valence-corrected chi connectivity index (χ3v) is 6.97.